The van der Waals surface area contributed by atoms with Crippen molar-refractivity contribution in [3.8, 4) is 11.5 Å². The number of rotatable bonds is 6. The number of hydrogen-bond donors (Lipinski definition) is 1. The van der Waals surface area contributed by atoms with E-state index in [1.54, 1.807) is 6.20 Å². The van der Waals surface area contributed by atoms with E-state index in [9.17, 15) is 0 Å². The van der Waals surface area contributed by atoms with Gasteiger partial charge in [-0.05, 0) is 36.6 Å². The molecule has 0 aromatic carbocycles. The summed E-state index contributed by atoms with van der Waals surface area (Å²) in [6.07, 6.45) is 6.24. The predicted octanol–water partition coefficient (Wildman–Crippen LogP) is 1.38. The highest BCUT2D eigenvalue weighted by Crippen LogP contribution is 2.30. The Bertz CT molecular complexity index is 1010. The molecule has 1 atom stereocenters. The molecule has 5 rings (SSSR count). The van der Waals surface area contributed by atoms with Crippen molar-refractivity contribution >= 4 is 16.9 Å². The van der Waals surface area contributed by atoms with E-state index in [2.05, 4.69) is 36.6 Å². The van der Waals surface area contributed by atoms with E-state index >= 15 is 0 Å². The quantitative estimate of drug-likeness (QED) is 0.642. The molecule has 30 heavy (non-hydrogen) atoms. The van der Waals surface area contributed by atoms with Gasteiger partial charge in [-0.2, -0.15) is 0 Å². The second-order valence-electron chi connectivity index (χ2n) is 8.02. The second-order valence-corrected chi connectivity index (χ2v) is 8.02. The van der Waals surface area contributed by atoms with E-state index in [4.69, 9.17) is 20.1 Å². The minimum absolute atomic E-state index is 0.250. The van der Waals surface area contributed by atoms with E-state index in [-0.39, 0.29) is 5.82 Å². The molecule has 0 saturated carbocycles. The Balaban J connectivity index is 1.44. The molecular formula is C20H28N8O2. The van der Waals surface area contributed by atoms with Gasteiger partial charge in [0.25, 0.3) is 0 Å². The lowest BCUT2D eigenvalue weighted by Gasteiger charge is -2.33. The second kappa shape index (κ2) is 8.29. The summed E-state index contributed by atoms with van der Waals surface area (Å²) in [5, 5.41) is 7.67. The Morgan fingerprint density at radius 2 is 2.03 bits per heavy atom. The summed E-state index contributed by atoms with van der Waals surface area (Å²) in [6.45, 7) is 9.65. The third kappa shape index (κ3) is 3.55. The van der Waals surface area contributed by atoms with Gasteiger partial charge in [0.1, 0.15) is 5.52 Å². The van der Waals surface area contributed by atoms with Gasteiger partial charge in [-0.15, -0.1) is 0 Å². The van der Waals surface area contributed by atoms with Gasteiger partial charge in [0.15, 0.2) is 17.3 Å². The van der Waals surface area contributed by atoms with Gasteiger partial charge in [0.05, 0.1) is 24.9 Å². The molecule has 160 valence electrons. The minimum Gasteiger partial charge on any atom is -0.379 e. The summed E-state index contributed by atoms with van der Waals surface area (Å²) in [5.74, 6) is 0.923. The molecule has 1 unspecified atom stereocenters. The first kappa shape index (κ1) is 19.4. The van der Waals surface area contributed by atoms with Crippen LogP contribution in [-0.2, 0) is 17.8 Å². The maximum absolute atomic E-state index is 5.94. The Hall–Kier alpha value is -2.56. The summed E-state index contributed by atoms with van der Waals surface area (Å²) in [7, 11) is 0. The number of anilines is 1. The standard InChI is InChI=1S/C20H28N8O2/c1-2-28-18-14(10-22-11-16(18)23-20(28)17-19(21)25-30-24-17)12-27-5-3-4-15(27)13-26-6-8-29-9-7-26/h10-11,15H,2-9,12-13H2,1H3,(H2,21,25). The molecule has 0 spiro atoms. The highest BCUT2D eigenvalue weighted by atomic mass is 16.6. The van der Waals surface area contributed by atoms with Crippen molar-refractivity contribution in [1.82, 2.24) is 34.6 Å². The molecule has 2 N–H and O–H groups in total. The lowest BCUT2D eigenvalue weighted by molar-refractivity contribution is 0.0262. The maximum Gasteiger partial charge on any atom is 0.199 e. The highest BCUT2D eigenvalue weighted by Gasteiger charge is 2.28. The van der Waals surface area contributed by atoms with E-state index < -0.39 is 0 Å². The number of pyridine rings is 1. The summed E-state index contributed by atoms with van der Waals surface area (Å²) >= 11 is 0. The van der Waals surface area contributed by atoms with Crippen LogP contribution in [0.2, 0.25) is 0 Å². The number of imidazole rings is 1. The molecule has 3 aromatic rings. The Kier molecular flexibility index (Phi) is 5.36. The van der Waals surface area contributed by atoms with Crippen molar-refractivity contribution in [3.05, 3.63) is 18.0 Å². The average Bonchev–Trinajstić information content (AvgIpc) is 3.47. The number of nitrogens with zero attached hydrogens (tertiary/aromatic N) is 7. The minimum atomic E-state index is 0.250. The van der Waals surface area contributed by atoms with Crippen LogP contribution < -0.4 is 5.73 Å². The molecule has 10 heteroatoms. The van der Waals surface area contributed by atoms with E-state index in [0.29, 0.717) is 17.6 Å². The average molecular weight is 412 g/mol. The van der Waals surface area contributed by atoms with Gasteiger partial charge in [0, 0.05) is 50.5 Å². The van der Waals surface area contributed by atoms with Crippen molar-refractivity contribution in [2.75, 3.05) is 45.1 Å². The number of nitrogens with two attached hydrogens (primary N) is 1. The fourth-order valence-corrected chi connectivity index (χ4v) is 4.72. The topological polar surface area (TPSA) is 111 Å². The van der Waals surface area contributed by atoms with E-state index in [1.807, 2.05) is 6.20 Å². The van der Waals surface area contributed by atoms with Gasteiger partial charge in [-0.3, -0.25) is 14.8 Å². The highest BCUT2D eigenvalue weighted by molar-refractivity contribution is 5.83. The number of aromatic nitrogens is 5. The number of likely N-dealkylation sites (tertiary alicyclic amines) is 1. The lowest BCUT2D eigenvalue weighted by atomic mass is 10.1. The first-order valence-electron chi connectivity index (χ1n) is 10.7. The van der Waals surface area contributed by atoms with Crippen LogP contribution in [0.1, 0.15) is 25.3 Å². The Morgan fingerprint density at radius 3 is 2.80 bits per heavy atom. The molecule has 0 radical (unpaired) electrons. The normalized spacial score (nSPS) is 21.0. The van der Waals surface area contributed by atoms with Crippen LogP contribution in [0.4, 0.5) is 5.82 Å². The van der Waals surface area contributed by atoms with Crippen molar-refractivity contribution in [3.63, 3.8) is 0 Å². The van der Waals surface area contributed by atoms with Crippen molar-refractivity contribution in [1.29, 1.82) is 0 Å². The van der Waals surface area contributed by atoms with Gasteiger partial charge in [-0.25, -0.2) is 9.61 Å². The van der Waals surface area contributed by atoms with Crippen LogP contribution in [0.5, 0.6) is 0 Å². The smallest absolute Gasteiger partial charge is 0.199 e. The number of nitrogen functional groups attached to an aromatic ring is 1. The SMILES string of the molecule is CCn1c(-c2nonc2N)nc2cncc(CN3CCCC3CN3CCOCC3)c21. The van der Waals surface area contributed by atoms with Gasteiger partial charge in [-0.1, -0.05) is 0 Å². The van der Waals surface area contributed by atoms with Crippen molar-refractivity contribution < 1.29 is 9.37 Å². The molecule has 3 aromatic heterocycles. The lowest BCUT2D eigenvalue weighted by Crippen LogP contribution is -2.44. The molecular weight excluding hydrogens is 384 g/mol. The predicted molar refractivity (Wildman–Crippen MR) is 112 cm³/mol. The van der Waals surface area contributed by atoms with Crippen LogP contribution in [-0.4, -0.2) is 80.1 Å². The monoisotopic (exact) mass is 412 g/mol. The molecule has 0 aliphatic carbocycles. The van der Waals surface area contributed by atoms with Gasteiger partial charge < -0.3 is 15.0 Å². The van der Waals surface area contributed by atoms with E-state index in [0.717, 1.165) is 63.5 Å². The summed E-state index contributed by atoms with van der Waals surface area (Å²) in [4.78, 5) is 14.3. The molecule has 2 aliphatic heterocycles. The first-order chi connectivity index (χ1) is 14.7. The zero-order chi connectivity index (χ0) is 20.5. The number of ether oxygens (including phenoxy) is 1. The third-order valence-electron chi connectivity index (χ3n) is 6.21. The van der Waals surface area contributed by atoms with Crippen molar-refractivity contribution in [2.45, 2.75) is 38.9 Å². The van der Waals surface area contributed by atoms with Crippen LogP contribution in [0.15, 0.2) is 17.0 Å². The Labute approximate surface area is 175 Å². The number of hydrogen-bond acceptors (Lipinski definition) is 9. The first-order valence-corrected chi connectivity index (χ1v) is 10.7. The summed E-state index contributed by atoms with van der Waals surface area (Å²) in [6, 6.07) is 0.561. The molecule has 0 bridgehead atoms. The fourth-order valence-electron chi connectivity index (χ4n) is 4.72. The van der Waals surface area contributed by atoms with Gasteiger partial charge >= 0.3 is 0 Å². The zero-order valence-corrected chi connectivity index (χ0v) is 17.3. The molecule has 2 fully saturated rings. The maximum atomic E-state index is 5.94. The molecule has 10 nitrogen and oxygen atoms in total. The summed E-state index contributed by atoms with van der Waals surface area (Å²) < 4.78 is 12.4. The van der Waals surface area contributed by atoms with Crippen LogP contribution >= 0.6 is 0 Å². The van der Waals surface area contributed by atoms with Gasteiger partial charge in [0.2, 0.25) is 0 Å². The molecule has 0 amide bonds. The van der Waals surface area contributed by atoms with Crippen LogP contribution in [0.25, 0.3) is 22.6 Å². The molecule has 5 heterocycles. The zero-order valence-electron chi connectivity index (χ0n) is 17.3. The fraction of sp³-hybridized carbons (Fsp3) is 0.600. The number of aryl methyl sites for hydroxylation is 1. The number of morpholine rings is 1. The Morgan fingerprint density at radius 1 is 1.17 bits per heavy atom. The van der Waals surface area contributed by atoms with Crippen molar-refractivity contribution in [2.24, 2.45) is 0 Å². The number of fused-ring (bicyclic) bond motifs is 1. The van der Waals surface area contributed by atoms with Crippen LogP contribution in [0, 0.1) is 0 Å². The third-order valence-corrected chi connectivity index (χ3v) is 6.21. The van der Waals surface area contributed by atoms with Crippen LogP contribution in [0.3, 0.4) is 0 Å². The molecule has 2 saturated heterocycles. The summed E-state index contributed by atoms with van der Waals surface area (Å²) in [5.41, 5.74) is 9.52. The molecule has 2 aliphatic rings. The van der Waals surface area contributed by atoms with E-state index in [1.165, 1.54) is 18.4 Å². The largest absolute Gasteiger partial charge is 0.379 e.